The summed E-state index contributed by atoms with van der Waals surface area (Å²) in [5.41, 5.74) is 1.22. The number of ether oxygens (including phenoxy) is 1. The summed E-state index contributed by atoms with van der Waals surface area (Å²) in [6.07, 6.45) is 1.80. The van der Waals surface area contributed by atoms with Crippen LogP contribution < -0.4 is 5.32 Å². The monoisotopic (exact) mass is 412 g/mol. The normalized spacial score (nSPS) is 12.7. The van der Waals surface area contributed by atoms with Gasteiger partial charge in [0.15, 0.2) is 11.6 Å². The number of rotatable bonds is 8. The Labute approximate surface area is 173 Å². The number of amides is 1. The van der Waals surface area contributed by atoms with Crippen molar-refractivity contribution in [1.29, 1.82) is 5.26 Å². The molecule has 8 heteroatoms. The molecule has 1 amide bonds. The quantitative estimate of drug-likeness (QED) is 0.538. The topological polar surface area (TPSA) is 120 Å². The zero-order valence-corrected chi connectivity index (χ0v) is 16.2. The summed E-state index contributed by atoms with van der Waals surface area (Å²) in [7, 11) is 0. The van der Waals surface area contributed by atoms with Crippen LogP contribution in [-0.2, 0) is 9.53 Å². The van der Waals surface area contributed by atoms with E-state index in [0.29, 0.717) is 29.7 Å². The molecule has 2 atom stereocenters. The predicted octanol–water partition coefficient (Wildman–Crippen LogP) is 4.75. The Morgan fingerprint density at radius 3 is 2.57 bits per heavy atom. The number of carbonyl (C=O) groups excluding carboxylic acids is 1. The van der Waals surface area contributed by atoms with E-state index < -0.39 is 29.7 Å². The molecular formula is C22H21FN2O5. The summed E-state index contributed by atoms with van der Waals surface area (Å²) < 4.78 is 19.4. The van der Waals surface area contributed by atoms with Crippen LogP contribution >= 0.6 is 0 Å². The van der Waals surface area contributed by atoms with E-state index in [1.165, 1.54) is 18.2 Å². The molecule has 3 N–H and O–H groups in total. The van der Waals surface area contributed by atoms with Gasteiger partial charge in [-0.1, -0.05) is 19.1 Å². The molecule has 156 valence electrons. The van der Waals surface area contributed by atoms with Crippen LogP contribution in [-0.4, -0.2) is 22.3 Å². The molecule has 0 unspecified atom stereocenters. The first-order valence-electron chi connectivity index (χ1n) is 9.16. The van der Waals surface area contributed by atoms with Crippen LogP contribution in [0.3, 0.4) is 0 Å². The zero-order chi connectivity index (χ0) is 22.1. The standard InChI is InChI=1S/C22H21FN2O5/c1-14(4-2-3-5-20(27)28)21(16-8-11-19(26)18(23)12-16)30-22(29)25-17-9-6-15(13-24)7-10-17/h3,5-12,14,21,26H,2,4H2,1H3,(H,25,29)(H,27,28)/b5-3+/t14-,21+/m0/s1. The lowest BCUT2D eigenvalue weighted by Crippen LogP contribution is -2.22. The number of carboxylic acid groups (broad SMARTS) is 1. The maximum atomic E-state index is 13.8. The number of allylic oxidation sites excluding steroid dienone is 1. The number of carbonyl (C=O) groups is 2. The van der Waals surface area contributed by atoms with Gasteiger partial charge in [-0.05, 0) is 60.7 Å². The molecule has 0 saturated carbocycles. The highest BCUT2D eigenvalue weighted by molar-refractivity contribution is 5.84. The van der Waals surface area contributed by atoms with E-state index in [4.69, 9.17) is 15.1 Å². The largest absolute Gasteiger partial charge is 0.505 e. The van der Waals surface area contributed by atoms with Crippen molar-refractivity contribution in [2.45, 2.75) is 25.9 Å². The Hall–Kier alpha value is -3.86. The van der Waals surface area contributed by atoms with Crippen molar-refractivity contribution in [3.05, 3.63) is 71.6 Å². The van der Waals surface area contributed by atoms with Crippen LogP contribution in [0.2, 0.25) is 0 Å². The number of aromatic hydroxyl groups is 1. The third-order valence-corrected chi connectivity index (χ3v) is 4.36. The molecule has 0 aliphatic heterocycles. The second-order valence-electron chi connectivity index (χ2n) is 6.65. The highest BCUT2D eigenvalue weighted by Crippen LogP contribution is 2.32. The molecule has 0 aliphatic carbocycles. The van der Waals surface area contributed by atoms with E-state index in [1.807, 2.05) is 6.07 Å². The number of benzene rings is 2. The number of nitrogens with one attached hydrogen (secondary N) is 1. The van der Waals surface area contributed by atoms with E-state index >= 15 is 0 Å². The minimum atomic E-state index is -1.06. The summed E-state index contributed by atoms with van der Waals surface area (Å²) in [5.74, 6) is -2.69. The molecule has 0 bridgehead atoms. The molecule has 7 nitrogen and oxygen atoms in total. The Kier molecular flexibility index (Phi) is 7.94. The number of nitrogens with zero attached hydrogens (tertiary/aromatic N) is 1. The molecule has 0 heterocycles. The van der Waals surface area contributed by atoms with Crippen molar-refractivity contribution in [2.75, 3.05) is 5.32 Å². The number of anilines is 1. The van der Waals surface area contributed by atoms with Gasteiger partial charge in [0.1, 0.15) is 6.10 Å². The number of aliphatic carboxylic acids is 1. The van der Waals surface area contributed by atoms with Crippen molar-refractivity contribution in [1.82, 2.24) is 0 Å². The molecule has 0 aliphatic rings. The number of halogens is 1. The van der Waals surface area contributed by atoms with E-state index in [-0.39, 0.29) is 5.92 Å². The SMILES string of the molecule is C[C@@H](CC/C=C/C(=O)O)[C@@H](OC(=O)Nc1ccc(C#N)cc1)c1ccc(O)c(F)c1. The lowest BCUT2D eigenvalue weighted by Gasteiger charge is -2.24. The molecule has 0 fully saturated rings. The maximum Gasteiger partial charge on any atom is 0.412 e. The Balaban J connectivity index is 2.14. The van der Waals surface area contributed by atoms with E-state index in [1.54, 1.807) is 31.2 Å². The Morgan fingerprint density at radius 1 is 1.27 bits per heavy atom. The molecular weight excluding hydrogens is 391 g/mol. The molecule has 30 heavy (non-hydrogen) atoms. The van der Waals surface area contributed by atoms with Crippen LogP contribution in [0.1, 0.15) is 37.0 Å². The number of nitriles is 1. The van der Waals surface area contributed by atoms with Gasteiger partial charge in [-0.15, -0.1) is 0 Å². The second-order valence-corrected chi connectivity index (χ2v) is 6.65. The van der Waals surface area contributed by atoms with Crippen molar-refractivity contribution < 1.29 is 28.9 Å². The van der Waals surface area contributed by atoms with Crippen molar-refractivity contribution in [3.63, 3.8) is 0 Å². The van der Waals surface area contributed by atoms with Crippen molar-refractivity contribution in [3.8, 4) is 11.8 Å². The third kappa shape index (κ3) is 6.63. The van der Waals surface area contributed by atoms with E-state index in [0.717, 1.165) is 12.1 Å². The van der Waals surface area contributed by atoms with Crippen molar-refractivity contribution >= 4 is 17.7 Å². The summed E-state index contributed by atoms with van der Waals surface area (Å²) in [6, 6.07) is 11.9. The minimum absolute atomic E-state index is 0.279. The van der Waals surface area contributed by atoms with Crippen LogP contribution in [0.15, 0.2) is 54.6 Å². The van der Waals surface area contributed by atoms with Gasteiger partial charge < -0.3 is 14.9 Å². The summed E-state index contributed by atoms with van der Waals surface area (Å²) >= 11 is 0. The average Bonchev–Trinajstić information content (AvgIpc) is 2.72. The first kappa shape index (κ1) is 22.4. The summed E-state index contributed by atoms with van der Waals surface area (Å²) in [6.45, 7) is 1.79. The predicted molar refractivity (Wildman–Crippen MR) is 107 cm³/mol. The fraction of sp³-hybridized carbons (Fsp3) is 0.227. The first-order valence-corrected chi connectivity index (χ1v) is 9.16. The molecule has 0 saturated heterocycles. The van der Waals surface area contributed by atoms with Crippen LogP contribution in [0.25, 0.3) is 0 Å². The van der Waals surface area contributed by atoms with Crippen molar-refractivity contribution in [2.24, 2.45) is 5.92 Å². The minimum Gasteiger partial charge on any atom is -0.505 e. The summed E-state index contributed by atoms with van der Waals surface area (Å²) in [5, 5.41) is 29.5. The number of carboxylic acids is 1. The lowest BCUT2D eigenvalue weighted by molar-refractivity contribution is -0.131. The van der Waals surface area contributed by atoms with Gasteiger partial charge >= 0.3 is 12.1 Å². The van der Waals surface area contributed by atoms with Gasteiger partial charge in [0, 0.05) is 11.8 Å². The first-order chi connectivity index (χ1) is 14.3. The van der Waals surface area contributed by atoms with Gasteiger partial charge in [-0.25, -0.2) is 14.0 Å². The highest BCUT2D eigenvalue weighted by atomic mass is 19.1. The Morgan fingerprint density at radius 2 is 1.97 bits per heavy atom. The number of phenolic OH excluding ortho intramolecular Hbond substituents is 1. The van der Waals surface area contributed by atoms with Gasteiger partial charge in [0.05, 0.1) is 11.6 Å². The van der Waals surface area contributed by atoms with Gasteiger partial charge in [0.2, 0.25) is 0 Å². The maximum absolute atomic E-state index is 13.8. The van der Waals surface area contributed by atoms with Gasteiger partial charge in [-0.2, -0.15) is 5.26 Å². The second kappa shape index (κ2) is 10.6. The molecule has 0 radical (unpaired) electrons. The lowest BCUT2D eigenvalue weighted by atomic mass is 9.93. The van der Waals surface area contributed by atoms with Crippen LogP contribution in [0.4, 0.5) is 14.9 Å². The van der Waals surface area contributed by atoms with E-state index in [2.05, 4.69) is 5.32 Å². The van der Waals surface area contributed by atoms with E-state index in [9.17, 15) is 19.1 Å². The highest BCUT2D eigenvalue weighted by Gasteiger charge is 2.24. The molecule has 2 rings (SSSR count). The van der Waals surface area contributed by atoms with Crippen LogP contribution in [0.5, 0.6) is 5.75 Å². The van der Waals surface area contributed by atoms with Gasteiger partial charge in [0.25, 0.3) is 0 Å². The zero-order valence-electron chi connectivity index (χ0n) is 16.2. The number of hydrogen-bond acceptors (Lipinski definition) is 5. The number of hydrogen-bond donors (Lipinski definition) is 3. The number of phenols is 1. The molecule has 0 aromatic heterocycles. The van der Waals surface area contributed by atoms with Gasteiger partial charge in [-0.3, -0.25) is 5.32 Å². The smallest absolute Gasteiger partial charge is 0.412 e. The molecule has 0 spiro atoms. The fourth-order valence-corrected chi connectivity index (χ4v) is 2.80. The average molecular weight is 412 g/mol. The third-order valence-electron chi connectivity index (χ3n) is 4.36. The molecule has 2 aromatic rings. The molecule has 2 aromatic carbocycles. The van der Waals surface area contributed by atoms with Crippen LogP contribution in [0, 0.1) is 23.1 Å². The fourth-order valence-electron chi connectivity index (χ4n) is 2.80. The summed E-state index contributed by atoms with van der Waals surface area (Å²) in [4.78, 5) is 23.0. The Bertz CT molecular complexity index is 966.